The number of aliphatic hydroxyl groups is 1. The quantitative estimate of drug-likeness (QED) is 0.151. The van der Waals surface area contributed by atoms with Gasteiger partial charge in [0.25, 0.3) is 0 Å². The van der Waals surface area contributed by atoms with E-state index in [0.29, 0.717) is 56.5 Å². The lowest BCUT2D eigenvalue weighted by Crippen LogP contribution is -2.81. The highest BCUT2D eigenvalue weighted by atomic mass is 16.6. The average molecular weight is 892 g/mol. The van der Waals surface area contributed by atoms with Gasteiger partial charge in [-0.15, -0.1) is 0 Å². The Balaban J connectivity index is 1.23. The molecule has 1 spiro atoms. The van der Waals surface area contributed by atoms with Gasteiger partial charge >= 0.3 is 17.9 Å². The van der Waals surface area contributed by atoms with Crippen molar-refractivity contribution in [2.75, 3.05) is 66.0 Å². The van der Waals surface area contributed by atoms with Gasteiger partial charge in [-0.2, -0.15) is 0 Å². The largest absolute Gasteiger partial charge is 0.496 e. The second-order valence-electron chi connectivity index (χ2n) is 20.4. The topological polar surface area (TPSA) is 163 Å². The summed E-state index contributed by atoms with van der Waals surface area (Å²) in [7, 11) is 6.21. The van der Waals surface area contributed by atoms with Gasteiger partial charge < -0.3 is 44.2 Å². The molecule has 4 fully saturated rings. The first-order chi connectivity index (χ1) is 31.2. The van der Waals surface area contributed by atoms with Crippen LogP contribution in [0.4, 0.5) is 5.69 Å². The third-order valence-electron chi connectivity index (χ3n) is 17.5. The lowest BCUT2D eigenvalue weighted by atomic mass is 9.47. The van der Waals surface area contributed by atoms with Crippen LogP contribution in [0.15, 0.2) is 48.6 Å². The number of fused-ring (bicyclic) bond motifs is 6. The zero-order chi connectivity index (χ0) is 45.8. The zero-order valence-electron chi connectivity index (χ0n) is 39.0. The standard InChI is InChI=1S/C51H65N5O9/c1-8-47(53-41(58)32-14-12-15-32)26-31-27-50(45(59)63-6,40-34(18-22-55(28-31)29-47)33-16-10-11-17-37(33)52-40)36-24-35-38(25-39(36)62-5)54(4)43-49(35)20-23-56-21-13-19-48(9-2,42(49)56)44(65-30(3)57)51(43,61)46(60)64-7/h10-11,13,16-17,19,24-25,31-32,42-44,52,61H,8-9,12,14-15,18,20-23,26-29H2,1-7H3,(H,53,58)/t31-,42+,43-,44-,47+,48-,49-,50+,51+/m1/s1. The highest BCUT2D eigenvalue weighted by Crippen LogP contribution is 2.68. The summed E-state index contributed by atoms with van der Waals surface area (Å²) < 4.78 is 24.2. The van der Waals surface area contributed by atoms with Gasteiger partial charge in [0, 0.05) is 96.9 Å². The molecule has 14 heteroatoms. The van der Waals surface area contributed by atoms with E-state index in [2.05, 4.69) is 57.4 Å². The fourth-order valence-electron chi connectivity index (χ4n) is 14.7. The third-order valence-corrected chi connectivity index (χ3v) is 17.5. The van der Waals surface area contributed by atoms with Crippen LogP contribution in [0, 0.1) is 17.3 Å². The molecule has 1 aromatic heterocycles. The van der Waals surface area contributed by atoms with Crippen LogP contribution in [-0.4, -0.2) is 134 Å². The van der Waals surface area contributed by atoms with Gasteiger partial charge in [0.2, 0.25) is 11.5 Å². The maximum Gasteiger partial charge on any atom is 0.344 e. The number of aromatic nitrogens is 1. The molecule has 2 aromatic carbocycles. The molecule has 6 heterocycles. The Morgan fingerprint density at radius 1 is 0.954 bits per heavy atom. The molecule has 10 rings (SSSR count). The molecule has 65 heavy (non-hydrogen) atoms. The number of aromatic amines is 1. The van der Waals surface area contributed by atoms with Crippen LogP contribution in [-0.2, 0) is 50.6 Å². The minimum atomic E-state index is -2.31. The number of esters is 3. The Morgan fingerprint density at radius 3 is 2.40 bits per heavy atom. The first-order valence-corrected chi connectivity index (χ1v) is 23.8. The van der Waals surface area contributed by atoms with Crippen molar-refractivity contribution >= 4 is 40.4 Å². The SMILES string of the molecule is CC[C@]1(NC(=O)C2CCC2)C[C@H]2CN(CCc3c([nH]c4ccccc34)[C@@](C(=O)OC)(c3cc4c(cc3OC)N(C)[C@H]3[C@@](O)(C(=O)OC)[C@H](OC(C)=O)[C@]5(CC)C=CCN6CC[C@]43[C@@H]65)C2)C1. The van der Waals surface area contributed by atoms with E-state index in [1.807, 2.05) is 37.1 Å². The maximum absolute atomic E-state index is 15.6. The molecule has 3 N–H and O–H groups in total. The summed E-state index contributed by atoms with van der Waals surface area (Å²) in [6.45, 7) is 8.99. The summed E-state index contributed by atoms with van der Waals surface area (Å²) in [4.78, 5) is 67.7. The van der Waals surface area contributed by atoms with Crippen LogP contribution in [0.3, 0.4) is 0 Å². The third kappa shape index (κ3) is 5.94. The molecule has 1 amide bonds. The molecule has 5 aliphatic heterocycles. The number of amides is 1. The van der Waals surface area contributed by atoms with Gasteiger partial charge in [0.1, 0.15) is 11.2 Å². The fourth-order valence-corrected chi connectivity index (χ4v) is 14.7. The van der Waals surface area contributed by atoms with E-state index in [9.17, 15) is 19.5 Å². The maximum atomic E-state index is 15.6. The first kappa shape index (κ1) is 43.9. The van der Waals surface area contributed by atoms with E-state index in [4.69, 9.17) is 18.9 Å². The molecule has 0 radical (unpaired) electrons. The van der Waals surface area contributed by atoms with Crippen molar-refractivity contribution in [1.82, 2.24) is 20.1 Å². The van der Waals surface area contributed by atoms with Gasteiger partial charge in [-0.05, 0) is 87.1 Å². The van der Waals surface area contributed by atoms with Gasteiger partial charge in [-0.25, -0.2) is 4.79 Å². The van der Waals surface area contributed by atoms with E-state index in [1.165, 1.54) is 21.1 Å². The van der Waals surface area contributed by atoms with Crippen LogP contribution in [0.2, 0.25) is 0 Å². The minimum absolute atomic E-state index is 0.0406. The van der Waals surface area contributed by atoms with Gasteiger partial charge in [-0.1, -0.05) is 50.6 Å². The van der Waals surface area contributed by atoms with Crippen molar-refractivity contribution < 1.29 is 43.2 Å². The molecule has 1 unspecified atom stereocenters. The molecule has 14 nitrogen and oxygen atoms in total. The number of benzene rings is 2. The van der Waals surface area contributed by atoms with Crippen molar-refractivity contribution in [2.24, 2.45) is 17.3 Å². The molecule has 2 bridgehead atoms. The van der Waals surface area contributed by atoms with Crippen molar-refractivity contribution in [3.63, 3.8) is 0 Å². The molecule has 2 saturated carbocycles. The van der Waals surface area contributed by atoms with E-state index in [0.717, 1.165) is 78.7 Å². The van der Waals surface area contributed by atoms with Gasteiger partial charge in [0.15, 0.2) is 6.10 Å². The monoisotopic (exact) mass is 891 g/mol. The summed E-state index contributed by atoms with van der Waals surface area (Å²) in [5.41, 5.74) is -1.18. The number of anilines is 1. The summed E-state index contributed by atoms with van der Waals surface area (Å²) >= 11 is 0. The number of hydrogen-bond donors (Lipinski definition) is 3. The summed E-state index contributed by atoms with van der Waals surface area (Å²) in [5, 5.41) is 18.1. The minimum Gasteiger partial charge on any atom is -0.496 e. The van der Waals surface area contributed by atoms with Gasteiger partial charge in [-0.3, -0.25) is 19.3 Å². The number of nitrogens with zero attached hydrogens (tertiary/aromatic N) is 3. The number of nitrogens with one attached hydrogen (secondary N) is 2. The number of ether oxygens (including phenoxy) is 4. The lowest BCUT2D eigenvalue weighted by Gasteiger charge is -2.63. The van der Waals surface area contributed by atoms with Crippen molar-refractivity contribution in [2.45, 2.75) is 119 Å². The van der Waals surface area contributed by atoms with Crippen LogP contribution in [0.25, 0.3) is 10.9 Å². The summed E-state index contributed by atoms with van der Waals surface area (Å²) in [6.07, 6.45) is 9.21. The van der Waals surface area contributed by atoms with E-state index in [1.54, 1.807) is 7.11 Å². The van der Waals surface area contributed by atoms with Crippen molar-refractivity contribution in [1.29, 1.82) is 0 Å². The smallest absolute Gasteiger partial charge is 0.344 e. The van der Waals surface area contributed by atoms with Crippen molar-refractivity contribution in [3.8, 4) is 5.75 Å². The number of carbonyl (C=O) groups excluding carboxylic acids is 4. The number of rotatable bonds is 9. The summed E-state index contributed by atoms with van der Waals surface area (Å²) in [5.74, 6) is -1.33. The Morgan fingerprint density at radius 2 is 1.72 bits per heavy atom. The Hall–Kier alpha value is -4.92. The zero-order valence-corrected chi connectivity index (χ0v) is 39.0. The molecular weight excluding hydrogens is 827 g/mol. The van der Waals surface area contributed by atoms with Crippen LogP contribution < -0.4 is 15.0 Å². The van der Waals surface area contributed by atoms with Crippen LogP contribution >= 0.6 is 0 Å². The number of para-hydroxylation sites is 1. The fraction of sp³-hybridized carbons (Fsp3) is 0.608. The normalized spacial score (nSPS) is 35.9. The predicted octanol–water partition coefficient (Wildman–Crippen LogP) is 4.91. The van der Waals surface area contributed by atoms with E-state index in [-0.39, 0.29) is 23.8 Å². The second-order valence-corrected chi connectivity index (χ2v) is 20.4. The second kappa shape index (κ2) is 15.6. The lowest BCUT2D eigenvalue weighted by molar-refractivity contribution is -0.228. The highest BCUT2D eigenvalue weighted by molar-refractivity contribution is 5.95. The first-order valence-electron chi connectivity index (χ1n) is 23.8. The number of likely N-dealkylation sites (N-methyl/N-ethyl adjacent to an activating group) is 1. The van der Waals surface area contributed by atoms with Crippen LogP contribution in [0.5, 0.6) is 5.75 Å². The Kier molecular flexibility index (Phi) is 10.5. The molecular formula is C51H65N5O9. The van der Waals surface area contributed by atoms with E-state index >= 15 is 4.79 Å². The molecule has 7 aliphatic rings. The molecule has 348 valence electrons. The number of H-pyrrole nitrogens is 1. The highest BCUT2D eigenvalue weighted by Gasteiger charge is 2.80. The number of carbonyl (C=O) groups is 4. The van der Waals surface area contributed by atoms with Crippen molar-refractivity contribution in [3.05, 3.63) is 70.9 Å². The molecule has 10 atom stereocenters. The van der Waals surface area contributed by atoms with Gasteiger partial charge in [0.05, 0.1) is 32.9 Å². The molecule has 2 saturated heterocycles. The number of hydrogen-bond acceptors (Lipinski definition) is 12. The number of methoxy groups -OCH3 is 3. The molecule has 2 aliphatic carbocycles. The molecule has 3 aromatic rings. The predicted molar refractivity (Wildman–Crippen MR) is 244 cm³/mol. The van der Waals surface area contributed by atoms with E-state index < -0.39 is 57.4 Å². The Bertz CT molecular complexity index is 2480. The Labute approximate surface area is 381 Å². The van der Waals surface area contributed by atoms with Crippen LogP contribution in [0.1, 0.15) is 94.5 Å². The number of piperidine rings is 1. The average Bonchev–Trinajstić information content (AvgIpc) is 3.94. The summed E-state index contributed by atoms with van der Waals surface area (Å²) in [6, 6.07) is 11.0.